The van der Waals surface area contributed by atoms with Crippen molar-refractivity contribution in [1.82, 2.24) is 9.80 Å². The van der Waals surface area contributed by atoms with Crippen LogP contribution in [-0.2, 0) is 0 Å². The van der Waals surface area contributed by atoms with E-state index in [0.29, 0.717) is 0 Å². The summed E-state index contributed by atoms with van der Waals surface area (Å²) >= 11 is 0. The van der Waals surface area contributed by atoms with Gasteiger partial charge in [-0.1, -0.05) is 26.8 Å². The number of allylic oxidation sites excluding steroid dienone is 1. The SMILES string of the molecule is C=C(CC(C)C)N1CCC(N2CCCCC2)CC1. The molecule has 0 unspecified atom stereocenters. The second kappa shape index (κ2) is 6.60. The number of likely N-dealkylation sites (tertiary alicyclic amines) is 2. The van der Waals surface area contributed by atoms with E-state index < -0.39 is 0 Å². The summed E-state index contributed by atoms with van der Waals surface area (Å²) in [5.74, 6) is 0.734. The number of hydrogen-bond donors (Lipinski definition) is 0. The first kappa shape index (κ1) is 13.9. The first-order valence-electron chi connectivity index (χ1n) is 7.83. The van der Waals surface area contributed by atoms with Gasteiger partial charge in [0.1, 0.15) is 0 Å². The minimum atomic E-state index is 0.734. The molecule has 2 aliphatic heterocycles. The predicted octanol–water partition coefficient (Wildman–Crippen LogP) is 3.50. The molecule has 0 aromatic heterocycles. The number of piperidine rings is 2. The Labute approximate surface area is 113 Å². The zero-order valence-electron chi connectivity index (χ0n) is 12.3. The first-order valence-corrected chi connectivity index (χ1v) is 7.83. The van der Waals surface area contributed by atoms with Crippen molar-refractivity contribution in [1.29, 1.82) is 0 Å². The fourth-order valence-corrected chi connectivity index (χ4v) is 3.43. The summed E-state index contributed by atoms with van der Waals surface area (Å²) in [6.45, 7) is 14.0. The van der Waals surface area contributed by atoms with Crippen LogP contribution < -0.4 is 0 Å². The minimum absolute atomic E-state index is 0.734. The van der Waals surface area contributed by atoms with Gasteiger partial charge in [0.15, 0.2) is 0 Å². The molecule has 0 atom stereocenters. The molecule has 0 aliphatic carbocycles. The number of rotatable bonds is 4. The van der Waals surface area contributed by atoms with Gasteiger partial charge in [-0.25, -0.2) is 0 Å². The van der Waals surface area contributed by atoms with E-state index in [4.69, 9.17) is 0 Å². The molecule has 0 bridgehead atoms. The molecule has 0 N–H and O–H groups in total. The number of hydrogen-bond acceptors (Lipinski definition) is 2. The Kier molecular flexibility index (Phi) is 5.11. The molecule has 2 fully saturated rings. The van der Waals surface area contributed by atoms with E-state index in [1.165, 1.54) is 64.0 Å². The van der Waals surface area contributed by atoms with E-state index in [-0.39, 0.29) is 0 Å². The van der Waals surface area contributed by atoms with Crippen LogP contribution in [0.2, 0.25) is 0 Å². The third-order valence-electron chi connectivity index (χ3n) is 4.46. The largest absolute Gasteiger partial charge is 0.375 e. The summed E-state index contributed by atoms with van der Waals surface area (Å²) in [5, 5.41) is 0. The molecule has 0 radical (unpaired) electrons. The summed E-state index contributed by atoms with van der Waals surface area (Å²) in [6, 6.07) is 0.855. The van der Waals surface area contributed by atoms with Gasteiger partial charge in [0.25, 0.3) is 0 Å². The van der Waals surface area contributed by atoms with Gasteiger partial charge < -0.3 is 9.80 Å². The zero-order chi connectivity index (χ0) is 13.0. The molecule has 2 heterocycles. The Balaban J connectivity index is 1.75. The Bertz CT molecular complexity index is 258. The molecule has 0 amide bonds. The molecule has 0 spiro atoms. The zero-order valence-corrected chi connectivity index (χ0v) is 12.3. The molecule has 18 heavy (non-hydrogen) atoms. The van der Waals surface area contributed by atoms with Crippen molar-refractivity contribution < 1.29 is 0 Å². The molecule has 2 saturated heterocycles. The highest BCUT2D eigenvalue weighted by atomic mass is 15.2. The molecule has 2 nitrogen and oxygen atoms in total. The lowest BCUT2D eigenvalue weighted by Crippen LogP contribution is -2.46. The standard InChI is InChI=1S/C16H30N2/c1-14(2)13-15(3)17-11-7-16(8-12-17)18-9-5-4-6-10-18/h14,16H,3-13H2,1-2H3. The average molecular weight is 250 g/mol. The highest BCUT2D eigenvalue weighted by Crippen LogP contribution is 2.24. The van der Waals surface area contributed by atoms with Crippen LogP contribution in [-0.4, -0.2) is 42.0 Å². The van der Waals surface area contributed by atoms with Gasteiger partial charge >= 0.3 is 0 Å². The van der Waals surface area contributed by atoms with Gasteiger partial charge in [-0.15, -0.1) is 0 Å². The van der Waals surface area contributed by atoms with Crippen LogP contribution in [0.15, 0.2) is 12.3 Å². The van der Waals surface area contributed by atoms with E-state index in [9.17, 15) is 0 Å². The molecule has 2 heteroatoms. The van der Waals surface area contributed by atoms with Gasteiger partial charge in [0.2, 0.25) is 0 Å². The molecule has 0 aromatic carbocycles. The van der Waals surface area contributed by atoms with Gasteiger partial charge in [-0.3, -0.25) is 0 Å². The minimum Gasteiger partial charge on any atom is -0.375 e. The lowest BCUT2D eigenvalue weighted by molar-refractivity contribution is 0.103. The smallest absolute Gasteiger partial charge is 0.0189 e. The molecular weight excluding hydrogens is 220 g/mol. The van der Waals surface area contributed by atoms with Gasteiger partial charge in [0.05, 0.1) is 0 Å². The summed E-state index contributed by atoms with van der Waals surface area (Å²) < 4.78 is 0. The Morgan fingerprint density at radius 2 is 1.67 bits per heavy atom. The van der Waals surface area contributed by atoms with Crippen LogP contribution in [0.5, 0.6) is 0 Å². The molecule has 2 rings (SSSR count). The number of nitrogens with zero attached hydrogens (tertiary/aromatic N) is 2. The van der Waals surface area contributed by atoms with Crippen LogP contribution >= 0.6 is 0 Å². The van der Waals surface area contributed by atoms with Crippen LogP contribution in [0, 0.1) is 5.92 Å². The molecular formula is C16H30N2. The van der Waals surface area contributed by atoms with Crippen LogP contribution in [0.4, 0.5) is 0 Å². The Hall–Kier alpha value is -0.500. The molecule has 2 aliphatic rings. The maximum absolute atomic E-state index is 4.27. The van der Waals surface area contributed by atoms with Crippen molar-refractivity contribution in [2.24, 2.45) is 5.92 Å². The monoisotopic (exact) mass is 250 g/mol. The van der Waals surface area contributed by atoms with E-state index >= 15 is 0 Å². The molecule has 0 saturated carbocycles. The molecule has 104 valence electrons. The van der Waals surface area contributed by atoms with E-state index in [0.717, 1.165) is 18.4 Å². The van der Waals surface area contributed by atoms with E-state index in [1.807, 2.05) is 0 Å². The van der Waals surface area contributed by atoms with Crippen molar-refractivity contribution in [2.75, 3.05) is 26.2 Å². The fourth-order valence-electron chi connectivity index (χ4n) is 3.43. The van der Waals surface area contributed by atoms with Crippen LogP contribution in [0.1, 0.15) is 52.4 Å². The summed E-state index contributed by atoms with van der Waals surface area (Å²) in [4.78, 5) is 5.27. The highest BCUT2D eigenvalue weighted by Gasteiger charge is 2.25. The van der Waals surface area contributed by atoms with Gasteiger partial charge in [0, 0.05) is 24.8 Å². The fraction of sp³-hybridized carbons (Fsp3) is 0.875. The summed E-state index contributed by atoms with van der Waals surface area (Å²) in [7, 11) is 0. The van der Waals surface area contributed by atoms with E-state index in [1.54, 1.807) is 0 Å². The average Bonchev–Trinajstić information content (AvgIpc) is 2.39. The maximum atomic E-state index is 4.27. The van der Waals surface area contributed by atoms with Crippen molar-refractivity contribution in [3.8, 4) is 0 Å². The normalized spacial score (nSPS) is 23.6. The topological polar surface area (TPSA) is 6.48 Å². The predicted molar refractivity (Wildman–Crippen MR) is 78.6 cm³/mol. The van der Waals surface area contributed by atoms with Gasteiger partial charge in [-0.2, -0.15) is 0 Å². The molecule has 0 aromatic rings. The third kappa shape index (κ3) is 3.74. The van der Waals surface area contributed by atoms with Crippen molar-refractivity contribution in [3.63, 3.8) is 0 Å². The second-order valence-corrected chi connectivity index (χ2v) is 6.48. The van der Waals surface area contributed by atoms with Crippen molar-refractivity contribution in [2.45, 2.75) is 58.4 Å². The van der Waals surface area contributed by atoms with E-state index in [2.05, 4.69) is 30.2 Å². The third-order valence-corrected chi connectivity index (χ3v) is 4.46. The van der Waals surface area contributed by atoms with Crippen LogP contribution in [0.25, 0.3) is 0 Å². The summed E-state index contributed by atoms with van der Waals surface area (Å²) in [5.41, 5.74) is 1.36. The van der Waals surface area contributed by atoms with Crippen LogP contribution in [0.3, 0.4) is 0 Å². The first-order chi connectivity index (χ1) is 8.66. The second-order valence-electron chi connectivity index (χ2n) is 6.48. The van der Waals surface area contributed by atoms with Crippen molar-refractivity contribution in [3.05, 3.63) is 12.3 Å². The maximum Gasteiger partial charge on any atom is 0.0189 e. The Morgan fingerprint density at radius 1 is 1.06 bits per heavy atom. The summed E-state index contributed by atoms with van der Waals surface area (Å²) in [6.07, 6.45) is 8.13. The van der Waals surface area contributed by atoms with Crippen molar-refractivity contribution >= 4 is 0 Å². The lowest BCUT2D eigenvalue weighted by Gasteiger charge is -2.41. The van der Waals surface area contributed by atoms with Gasteiger partial charge in [-0.05, 0) is 51.1 Å². The lowest BCUT2D eigenvalue weighted by atomic mass is 9.98. The quantitative estimate of drug-likeness (QED) is 0.753. The highest BCUT2D eigenvalue weighted by molar-refractivity contribution is 4.97. The Morgan fingerprint density at radius 3 is 2.22 bits per heavy atom.